The molecule has 0 aromatic carbocycles. The van der Waals surface area contributed by atoms with E-state index in [0.29, 0.717) is 5.41 Å². The van der Waals surface area contributed by atoms with E-state index in [-0.39, 0.29) is 0 Å². The number of thiophene rings is 1. The van der Waals surface area contributed by atoms with Crippen molar-refractivity contribution in [3.8, 4) is 0 Å². The third-order valence-corrected chi connectivity index (χ3v) is 7.14. The lowest BCUT2D eigenvalue weighted by Crippen LogP contribution is -2.26. The summed E-state index contributed by atoms with van der Waals surface area (Å²) in [5.41, 5.74) is 3.94. The third kappa shape index (κ3) is 3.02. The Kier molecular flexibility index (Phi) is 4.05. The van der Waals surface area contributed by atoms with Crippen LogP contribution >= 0.6 is 11.3 Å². The molecule has 1 aliphatic carbocycles. The van der Waals surface area contributed by atoms with Crippen LogP contribution in [-0.2, 0) is 25.8 Å². The largest absolute Gasteiger partial charge is 0.272 e. The fourth-order valence-corrected chi connectivity index (χ4v) is 5.53. The Morgan fingerprint density at radius 1 is 1.29 bits per heavy atom. The molecule has 1 atom stereocenters. The maximum atomic E-state index is 4.89. The van der Waals surface area contributed by atoms with E-state index in [0.717, 1.165) is 48.0 Å². The Morgan fingerprint density at radius 3 is 2.89 bits per heavy atom. The van der Waals surface area contributed by atoms with Crippen molar-refractivity contribution in [3.63, 3.8) is 0 Å². The van der Waals surface area contributed by atoms with Crippen LogP contribution in [0.2, 0.25) is 0 Å². The number of aromatic nitrogens is 6. The van der Waals surface area contributed by atoms with Gasteiger partial charge in [0.2, 0.25) is 0 Å². The molecule has 146 valence electrons. The average Bonchev–Trinajstić information content (AvgIpc) is 3.33. The highest BCUT2D eigenvalue weighted by Crippen LogP contribution is 2.43. The number of nitrogens with zero attached hydrogens (tertiary/aromatic N) is 6. The van der Waals surface area contributed by atoms with Crippen molar-refractivity contribution < 1.29 is 0 Å². The molecular formula is C21H26N6S. The Morgan fingerprint density at radius 2 is 2.14 bits per heavy atom. The smallest absolute Gasteiger partial charge is 0.167 e. The molecule has 0 saturated heterocycles. The lowest BCUT2D eigenvalue weighted by Gasteiger charge is -2.33. The molecule has 1 aliphatic rings. The van der Waals surface area contributed by atoms with Gasteiger partial charge in [0.15, 0.2) is 11.5 Å². The Hall–Kier alpha value is -2.28. The van der Waals surface area contributed by atoms with Crippen molar-refractivity contribution in [2.75, 3.05) is 0 Å². The fraction of sp³-hybridized carbons (Fsp3) is 0.524. The second kappa shape index (κ2) is 6.37. The maximum Gasteiger partial charge on any atom is 0.167 e. The van der Waals surface area contributed by atoms with Gasteiger partial charge in [-0.3, -0.25) is 4.68 Å². The number of hydrogen-bond acceptors (Lipinski definition) is 5. The van der Waals surface area contributed by atoms with Gasteiger partial charge in [-0.2, -0.15) is 5.10 Å². The molecule has 0 amide bonds. The zero-order valence-electron chi connectivity index (χ0n) is 16.9. The van der Waals surface area contributed by atoms with Crippen molar-refractivity contribution in [2.24, 2.45) is 11.3 Å². The quantitative estimate of drug-likeness (QED) is 0.521. The monoisotopic (exact) mass is 394 g/mol. The molecule has 28 heavy (non-hydrogen) atoms. The van der Waals surface area contributed by atoms with E-state index in [1.807, 2.05) is 33.1 Å². The van der Waals surface area contributed by atoms with Crippen LogP contribution in [0.15, 0.2) is 18.7 Å². The first-order valence-electron chi connectivity index (χ1n) is 10.0. The minimum Gasteiger partial charge on any atom is -0.272 e. The topological polar surface area (TPSA) is 60.9 Å². The Balaban J connectivity index is 1.49. The minimum atomic E-state index is 0.351. The van der Waals surface area contributed by atoms with Crippen LogP contribution < -0.4 is 0 Å². The van der Waals surface area contributed by atoms with E-state index < -0.39 is 0 Å². The van der Waals surface area contributed by atoms with Gasteiger partial charge in [0.05, 0.1) is 11.6 Å². The highest BCUT2D eigenvalue weighted by Gasteiger charge is 2.31. The summed E-state index contributed by atoms with van der Waals surface area (Å²) in [6.45, 7) is 9.92. The van der Waals surface area contributed by atoms with E-state index in [4.69, 9.17) is 9.97 Å². The molecule has 6 nitrogen and oxygen atoms in total. The third-order valence-electron chi connectivity index (χ3n) is 5.98. The molecular weight excluding hydrogens is 368 g/mol. The highest BCUT2D eigenvalue weighted by atomic mass is 32.1. The van der Waals surface area contributed by atoms with E-state index in [2.05, 4.69) is 44.1 Å². The summed E-state index contributed by atoms with van der Waals surface area (Å²) in [5.74, 6) is 1.58. The Bertz CT molecular complexity index is 1160. The molecule has 0 saturated carbocycles. The van der Waals surface area contributed by atoms with Crippen LogP contribution in [0.25, 0.3) is 15.9 Å². The second-order valence-electron chi connectivity index (χ2n) is 9.06. The Labute approximate surface area is 168 Å². The van der Waals surface area contributed by atoms with Gasteiger partial charge in [0.1, 0.15) is 11.2 Å². The highest BCUT2D eigenvalue weighted by molar-refractivity contribution is 7.19. The van der Waals surface area contributed by atoms with Crippen LogP contribution in [-0.4, -0.2) is 29.4 Å². The molecule has 0 fully saturated rings. The predicted molar refractivity (Wildman–Crippen MR) is 112 cm³/mol. The molecule has 0 aliphatic heterocycles. The van der Waals surface area contributed by atoms with E-state index in [9.17, 15) is 0 Å². The summed E-state index contributed by atoms with van der Waals surface area (Å²) < 4.78 is 3.81. The molecule has 0 radical (unpaired) electrons. The lowest BCUT2D eigenvalue weighted by atomic mass is 9.72. The summed E-state index contributed by atoms with van der Waals surface area (Å²) in [6.07, 6.45) is 10.0. The molecule has 4 aromatic heterocycles. The van der Waals surface area contributed by atoms with Crippen molar-refractivity contribution in [3.05, 3.63) is 40.5 Å². The van der Waals surface area contributed by atoms with Crippen LogP contribution in [0.5, 0.6) is 0 Å². The standard InChI is InChI=1S/C21H26N6S/c1-13-10-23-26(11-13)8-7-17-24-19-18-15-6-5-14(21(2,3)4)9-16(15)28-20(18)22-12-27(19)25-17/h10-12,14H,5-9H2,1-4H3. The number of rotatable bonds is 3. The first kappa shape index (κ1) is 17.8. The maximum absolute atomic E-state index is 4.89. The van der Waals surface area contributed by atoms with Crippen LogP contribution in [0.4, 0.5) is 0 Å². The zero-order valence-corrected chi connectivity index (χ0v) is 17.8. The molecule has 1 unspecified atom stereocenters. The number of hydrogen-bond donors (Lipinski definition) is 0. The minimum absolute atomic E-state index is 0.351. The number of aryl methyl sites for hydroxylation is 4. The summed E-state index contributed by atoms with van der Waals surface area (Å²) in [5, 5.41) is 10.3. The van der Waals surface area contributed by atoms with Gasteiger partial charge >= 0.3 is 0 Å². The van der Waals surface area contributed by atoms with Gasteiger partial charge in [-0.1, -0.05) is 20.8 Å². The van der Waals surface area contributed by atoms with Crippen LogP contribution in [0, 0.1) is 18.3 Å². The molecule has 7 heteroatoms. The average molecular weight is 395 g/mol. The number of fused-ring (bicyclic) bond motifs is 5. The predicted octanol–water partition coefficient (Wildman–Crippen LogP) is 4.24. The van der Waals surface area contributed by atoms with Crippen molar-refractivity contribution >= 4 is 27.2 Å². The zero-order chi connectivity index (χ0) is 19.5. The van der Waals surface area contributed by atoms with E-state index >= 15 is 0 Å². The molecule has 0 spiro atoms. The summed E-state index contributed by atoms with van der Waals surface area (Å²) in [6, 6.07) is 0. The summed E-state index contributed by atoms with van der Waals surface area (Å²) in [7, 11) is 0. The SMILES string of the molecule is Cc1cnn(CCc2nc3c4c5c(sc4ncn3n2)CC(C(C)(C)C)CC5)c1. The van der Waals surface area contributed by atoms with Gasteiger partial charge in [-0.15, -0.1) is 16.4 Å². The van der Waals surface area contributed by atoms with E-state index in [1.54, 1.807) is 0 Å². The molecule has 0 bridgehead atoms. The molecule has 4 heterocycles. The van der Waals surface area contributed by atoms with Gasteiger partial charge in [0.25, 0.3) is 0 Å². The normalized spacial score (nSPS) is 17.5. The van der Waals surface area contributed by atoms with Crippen molar-refractivity contribution in [2.45, 2.75) is 59.9 Å². The lowest BCUT2D eigenvalue weighted by molar-refractivity contribution is 0.218. The van der Waals surface area contributed by atoms with Crippen LogP contribution in [0.3, 0.4) is 0 Å². The molecule has 4 aromatic rings. The van der Waals surface area contributed by atoms with Gasteiger partial charge in [-0.25, -0.2) is 14.5 Å². The van der Waals surface area contributed by atoms with Crippen molar-refractivity contribution in [1.29, 1.82) is 0 Å². The molecule has 5 rings (SSSR count). The van der Waals surface area contributed by atoms with Gasteiger partial charge in [0, 0.05) is 24.0 Å². The molecule has 0 N–H and O–H groups in total. The van der Waals surface area contributed by atoms with E-state index in [1.165, 1.54) is 27.8 Å². The fourth-order valence-electron chi connectivity index (χ4n) is 4.27. The second-order valence-corrected chi connectivity index (χ2v) is 10.1. The van der Waals surface area contributed by atoms with Crippen molar-refractivity contribution in [1.82, 2.24) is 29.4 Å². The van der Waals surface area contributed by atoms with Gasteiger partial charge in [-0.05, 0) is 48.6 Å². The summed E-state index contributed by atoms with van der Waals surface area (Å²) in [4.78, 5) is 12.2. The first-order valence-corrected chi connectivity index (χ1v) is 10.8. The van der Waals surface area contributed by atoms with Gasteiger partial charge < -0.3 is 0 Å². The first-order chi connectivity index (χ1) is 13.4. The summed E-state index contributed by atoms with van der Waals surface area (Å²) >= 11 is 1.85. The van der Waals surface area contributed by atoms with Crippen LogP contribution in [0.1, 0.15) is 49.0 Å².